The molecule has 0 aliphatic rings. The van der Waals surface area contributed by atoms with Crippen LogP contribution in [0.2, 0.25) is 10.0 Å². The fraction of sp³-hybridized carbons (Fsp3) is 0.179. The quantitative estimate of drug-likeness (QED) is 0.193. The Morgan fingerprint density at radius 2 is 1.89 bits per heavy atom. The number of aryl methyl sites for hydroxylation is 1. The van der Waals surface area contributed by atoms with E-state index in [4.69, 9.17) is 43.0 Å². The summed E-state index contributed by atoms with van der Waals surface area (Å²) in [4.78, 5) is 23.7. The van der Waals surface area contributed by atoms with E-state index in [0.717, 1.165) is 45.8 Å². The number of ether oxygens (including phenoxy) is 1. The molecule has 5 rings (SSSR count). The molecule has 2 N–H and O–H groups in total. The minimum absolute atomic E-state index is 0.0863. The smallest absolute Gasteiger partial charge is 0.303 e. The molecule has 3 aromatic carbocycles. The second-order valence-corrected chi connectivity index (χ2v) is 9.39. The van der Waals surface area contributed by atoms with Crippen LogP contribution in [0.3, 0.4) is 0 Å². The predicted octanol–water partition coefficient (Wildman–Crippen LogP) is 7.33. The van der Waals surface area contributed by atoms with Gasteiger partial charge in [-0.15, -0.1) is 0 Å². The van der Waals surface area contributed by atoms with Gasteiger partial charge in [0.1, 0.15) is 5.75 Å². The molecule has 0 unspecified atom stereocenters. The van der Waals surface area contributed by atoms with Gasteiger partial charge in [-0.3, -0.25) is 4.79 Å². The Hall–Kier alpha value is -3.81. The van der Waals surface area contributed by atoms with Gasteiger partial charge in [-0.25, -0.2) is 9.97 Å². The van der Waals surface area contributed by atoms with E-state index in [1.807, 2.05) is 59.3 Å². The SMILES string of the molecule is CCn1cc(-c2ccc(Cl)cc2Cl)nc1-c1nc2ccc(-c3cccc(OCCCC(=O)O)c3)cc2[nH]1. The predicted molar refractivity (Wildman–Crippen MR) is 146 cm³/mol. The van der Waals surface area contributed by atoms with Crippen molar-refractivity contribution in [1.82, 2.24) is 19.5 Å². The van der Waals surface area contributed by atoms with Crippen LogP contribution in [0.4, 0.5) is 0 Å². The van der Waals surface area contributed by atoms with Gasteiger partial charge in [0.2, 0.25) is 0 Å². The molecule has 7 nitrogen and oxygen atoms in total. The van der Waals surface area contributed by atoms with Gasteiger partial charge >= 0.3 is 5.97 Å². The number of fused-ring (bicyclic) bond motifs is 1. The number of hydrogen-bond acceptors (Lipinski definition) is 4. The molecule has 0 atom stereocenters. The highest BCUT2D eigenvalue weighted by Gasteiger charge is 2.16. The van der Waals surface area contributed by atoms with Gasteiger partial charge in [0.05, 0.1) is 28.4 Å². The minimum atomic E-state index is -0.823. The summed E-state index contributed by atoms with van der Waals surface area (Å²) in [6.45, 7) is 3.12. The number of nitrogens with one attached hydrogen (secondary N) is 1. The van der Waals surface area contributed by atoms with Crippen LogP contribution in [0.15, 0.2) is 66.9 Å². The number of rotatable bonds is 9. The van der Waals surface area contributed by atoms with Crippen molar-refractivity contribution in [3.05, 3.63) is 76.9 Å². The standard InChI is InChI=1S/C28H24Cl2N4O3/c1-2-34-16-25(21-10-9-19(29)15-22(21)30)33-28(34)27-31-23-11-8-18(14-24(23)32-27)17-5-3-6-20(13-17)37-12-4-7-26(35)36/h3,5-6,8-11,13-16H,2,4,7,12H2,1H3,(H,31,32)(H,35,36). The number of H-pyrrole nitrogens is 1. The number of carbonyl (C=O) groups is 1. The van der Waals surface area contributed by atoms with Crippen LogP contribution in [-0.2, 0) is 11.3 Å². The van der Waals surface area contributed by atoms with Gasteiger partial charge in [0.25, 0.3) is 0 Å². The zero-order chi connectivity index (χ0) is 25.9. The van der Waals surface area contributed by atoms with E-state index >= 15 is 0 Å². The van der Waals surface area contributed by atoms with Crippen LogP contribution in [0.25, 0.3) is 45.1 Å². The van der Waals surface area contributed by atoms with Crippen LogP contribution < -0.4 is 4.74 Å². The average molecular weight is 535 g/mol. The fourth-order valence-corrected chi connectivity index (χ4v) is 4.65. The van der Waals surface area contributed by atoms with E-state index in [-0.39, 0.29) is 6.42 Å². The Morgan fingerprint density at radius 1 is 1.05 bits per heavy atom. The molecule has 0 aliphatic heterocycles. The Kier molecular flexibility index (Phi) is 7.17. The number of aromatic nitrogens is 4. The Labute approximate surface area is 223 Å². The molecule has 2 aromatic heterocycles. The van der Waals surface area contributed by atoms with Crippen LogP contribution in [0.1, 0.15) is 19.8 Å². The third-order valence-corrected chi connectivity index (χ3v) is 6.54. The van der Waals surface area contributed by atoms with Crippen molar-refractivity contribution in [3.8, 4) is 39.8 Å². The number of carboxylic acids is 1. The summed E-state index contributed by atoms with van der Waals surface area (Å²) in [5, 5.41) is 9.91. The van der Waals surface area contributed by atoms with E-state index in [1.54, 1.807) is 12.1 Å². The normalized spacial score (nSPS) is 11.2. The van der Waals surface area contributed by atoms with Crippen molar-refractivity contribution in [2.45, 2.75) is 26.3 Å². The second-order valence-electron chi connectivity index (χ2n) is 8.55. The maximum atomic E-state index is 10.7. The lowest BCUT2D eigenvalue weighted by Gasteiger charge is -2.08. The topological polar surface area (TPSA) is 93.0 Å². The second kappa shape index (κ2) is 10.7. The molecule has 0 saturated heterocycles. The average Bonchev–Trinajstić information content (AvgIpc) is 3.50. The van der Waals surface area contributed by atoms with E-state index in [2.05, 4.69) is 11.9 Å². The molecule has 0 aliphatic carbocycles. The van der Waals surface area contributed by atoms with E-state index in [1.165, 1.54) is 0 Å². The number of aromatic amines is 1. The van der Waals surface area contributed by atoms with Gasteiger partial charge in [-0.2, -0.15) is 0 Å². The van der Waals surface area contributed by atoms with Gasteiger partial charge in [-0.05, 0) is 66.9 Å². The van der Waals surface area contributed by atoms with Crippen molar-refractivity contribution in [2.75, 3.05) is 6.61 Å². The van der Waals surface area contributed by atoms with E-state index in [9.17, 15) is 4.79 Å². The first kappa shape index (κ1) is 24.9. The molecule has 188 valence electrons. The van der Waals surface area contributed by atoms with Crippen molar-refractivity contribution >= 4 is 40.2 Å². The molecule has 0 spiro atoms. The third-order valence-electron chi connectivity index (χ3n) is 5.99. The summed E-state index contributed by atoms with van der Waals surface area (Å²) in [7, 11) is 0. The summed E-state index contributed by atoms with van der Waals surface area (Å²) in [5.41, 5.74) is 5.27. The first-order valence-corrected chi connectivity index (χ1v) is 12.6. The first-order chi connectivity index (χ1) is 17.9. The molecular weight excluding hydrogens is 511 g/mol. The number of carboxylic acid groups (broad SMARTS) is 1. The van der Waals surface area contributed by atoms with Gasteiger partial charge in [0, 0.05) is 29.7 Å². The summed E-state index contributed by atoms with van der Waals surface area (Å²) in [5.74, 6) is 1.27. The number of halogens is 2. The first-order valence-electron chi connectivity index (χ1n) is 11.9. The maximum absolute atomic E-state index is 10.7. The van der Waals surface area contributed by atoms with Crippen LogP contribution in [0, 0.1) is 0 Å². The molecule has 0 radical (unpaired) electrons. The number of benzene rings is 3. The van der Waals surface area contributed by atoms with Crippen molar-refractivity contribution in [2.24, 2.45) is 0 Å². The molecule has 5 aromatic rings. The molecule has 0 saturated carbocycles. The van der Waals surface area contributed by atoms with Crippen LogP contribution >= 0.6 is 23.2 Å². The molecule has 9 heteroatoms. The largest absolute Gasteiger partial charge is 0.494 e. The van der Waals surface area contributed by atoms with Crippen molar-refractivity contribution < 1.29 is 14.6 Å². The maximum Gasteiger partial charge on any atom is 0.303 e. The highest BCUT2D eigenvalue weighted by atomic mass is 35.5. The molecular formula is C28H24Cl2N4O3. The molecule has 2 heterocycles. The van der Waals surface area contributed by atoms with Crippen molar-refractivity contribution in [1.29, 1.82) is 0 Å². The monoisotopic (exact) mass is 534 g/mol. The Morgan fingerprint density at radius 3 is 2.68 bits per heavy atom. The summed E-state index contributed by atoms with van der Waals surface area (Å²) in [6, 6.07) is 19.2. The summed E-state index contributed by atoms with van der Waals surface area (Å²) >= 11 is 12.5. The number of imidazole rings is 2. The highest BCUT2D eigenvalue weighted by molar-refractivity contribution is 6.36. The van der Waals surface area contributed by atoms with E-state index < -0.39 is 5.97 Å². The summed E-state index contributed by atoms with van der Waals surface area (Å²) in [6.07, 6.45) is 2.51. The Balaban J connectivity index is 1.43. The van der Waals surface area contributed by atoms with Gasteiger partial charge in [-0.1, -0.05) is 41.4 Å². The lowest BCUT2D eigenvalue weighted by atomic mass is 10.0. The minimum Gasteiger partial charge on any atom is -0.494 e. The lowest BCUT2D eigenvalue weighted by molar-refractivity contribution is -0.137. The highest BCUT2D eigenvalue weighted by Crippen LogP contribution is 2.32. The van der Waals surface area contributed by atoms with Crippen LogP contribution in [0.5, 0.6) is 5.75 Å². The Bertz CT molecular complexity index is 1590. The van der Waals surface area contributed by atoms with Gasteiger partial charge in [0.15, 0.2) is 11.6 Å². The van der Waals surface area contributed by atoms with Crippen molar-refractivity contribution in [3.63, 3.8) is 0 Å². The third kappa shape index (κ3) is 5.48. The zero-order valence-electron chi connectivity index (χ0n) is 20.0. The lowest BCUT2D eigenvalue weighted by Crippen LogP contribution is -2.02. The number of nitrogens with zero attached hydrogens (tertiary/aromatic N) is 3. The summed E-state index contributed by atoms with van der Waals surface area (Å²) < 4.78 is 7.77. The van der Waals surface area contributed by atoms with Gasteiger partial charge < -0.3 is 19.4 Å². The number of aliphatic carboxylic acids is 1. The molecule has 0 fully saturated rings. The molecule has 0 bridgehead atoms. The van der Waals surface area contributed by atoms with E-state index in [0.29, 0.717) is 34.6 Å². The van der Waals surface area contributed by atoms with Crippen LogP contribution in [-0.4, -0.2) is 37.2 Å². The fourth-order valence-electron chi connectivity index (χ4n) is 4.15. The zero-order valence-corrected chi connectivity index (χ0v) is 21.6. The number of hydrogen-bond donors (Lipinski definition) is 2. The molecule has 0 amide bonds. The molecule has 37 heavy (non-hydrogen) atoms.